The van der Waals surface area contributed by atoms with E-state index in [4.69, 9.17) is 11.6 Å². The minimum atomic E-state index is -4.07. The van der Waals surface area contributed by atoms with Gasteiger partial charge < -0.3 is 10.2 Å². The molecule has 0 saturated carbocycles. The fourth-order valence-electron chi connectivity index (χ4n) is 3.02. The van der Waals surface area contributed by atoms with Crippen LogP contribution in [0.25, 0.3) is 0 Å². The first-order valence-electron chi connectivity index (χ1n) is 9.83. The number of rotatable bonds is 9. The van der Waals surface area contributed by atoms with Gasteiger partial charge in [0.15, 0.2) is 0 Å². The van der Waals surface area contributed by atoms with Gasteiger partial charge in [0, 0.05) is 30.9 Å². The van der Waals surface area contributed by atoms with Gasteiger partial charge in [-0.2, -0.15) is 0 Å². The number of amides is 1. The van der Waals surface area contributed by atoms with Crippen molar-refractivity contribution in [2.75, 3.05) is 24.9 Å². The minimum absolute atomic E-state index is 0.0289. The second-order valence-electron chi connectivity index (χ2n) is 7.24. The highest BCUT2D eigenvalue weighted by Crippen LogP contribution is 2.25. The predicted molar refractivity (Wildman–Crippen MR) is 124 cm³/mol. The van der Waals surface area contributed by atoms with Crippen LogP contribution in [0.3, 0.4) is 0 Å². The minimum Gasteiger partial charge on any atom is -0.351 e. The SMILES string of the molecule is CN(CCNC(=O)c1ccc(Cl)c(S(=O)(=O)Nc2ccc(F)cc2)c1)Cc1ccccc1. The first-order chi connectivity index (χ1) is 15.2. The number of likely N-dealkylation sites (N-methyl/N-ethyl adjacent to an activating group) is 1. The van der Waals surface area contributed by atoms with E-state index >= 15 is 0 Å². The molecule has 168 valence electrons. The van der Waals surface area contributed by atoms with Gasteiger partial charge in [-0.25, -0.2) is 12.8 Å². The number of hydrogen-bond donors (Lipinski definition) is 2. The summed E-state index contributed by atoms with van der Waals surface area (Å²) in [5, 5.41) is 2.76. The molecule has 0 aliphatic carbocycles. The van der Waals surface area contributed by atoms with E-state index in [1.54, 1.807) is 0 Å². The Morgan fingerprint density at radius 2 is 1.72 bits per heavy atom. The number of benzene rings is 3. The van der Waals surface area contributed by atoms with Crippen molar-refractivity contribution in [3.63, 3.8) is 0 Å². The average Bonchev–Trinajstić information content (AvgIpc) is 2.76. The maximum absolute atomic E-state index is 13.1. The maximum Gasteiger partial charge on any atom is 0.263 e. The second kappa shape index (κ2) is 10.6. The largest absolute Gasteiger partial charge is 0.351 e. The van der Waals surface area contributed by atoms with Crippen molar-refractivity contribution in [3.05, 3.63) is 94.8 Å². The summed E-state index contributed by atoms with van der Waals surface area (Å²) in [4.78, 5) is 14.4. The van der Waals surface area contributed by atoms with Crippen LogP contribution in [0.5, 0.6) is 0 Å². The normalized spacial score (nSPS) is 11.4. The van der Waals surface area contributed by atoms with Gasteiger partial charge in [0.05, 0.1) is 5.02 Å². The molecular weight excluding hydrogens is 453 g/mol. The molecule has 0 aliphatic rings. The average molecular weight is 476 g/mol. The standard InChI is InChI=1S/C23H23ClFN3O3S/c1-28(16-17-5-3-2-4-6-17)14-13-26-23(29)18-7-12-21(24)22(15-18)32(30,31)27-20-10-8-19(25)9-11-20/h2-12,15,27H,13-14,16H2,1H3,(H,26,29). The molecule has 0 saturated heterocycles. The number of nitrogens with one attached hydrogen (secondary N) is 2. The molecule has 0 aromatic heterocycles. The van der Waals surface area contributed by atoms with E-state index in [9.17, 15) is 17.6 Å². The number of halogens is 2. The summed E-state index contributed by atoms with van der Waals surface area (Å²) in [6, 6.07) is 18.9. The molecule has 0 atom stereocenters. The summed E-state index contributed by atoms with van der Waals surface area (Å²) in [7, 11) is -2.12. The van der Waals surface area contributed by atoms with Gasteiger partial charge in [-0.3, -0.25) is 9.52 Å². The van der Waals surface area contributed by atoms with E-state index in [-0.39, 0.29) is 21.2 Å². The molecule has 0 aliphatic heterocycles. The summed E-state index contributed by atoms with van der Waals surface area (Å²) in [5.41, 5.74) is 1.51. The fraction of sp³-hybridized carbons (Fsp3) is 0.174. The fourth-order valence-corrected chi connectivity index (χ4v) is 4.60. The van der Waals surface area contributed by atoms with Crippen LogP contribution >= 0.6 is 11.6 Å². The summed E-state index contributed by atoms with van der Waals surface area (Å²) < 4.78 is 40.9. The molecule has 0 unspecified atom stereocenters. The Morgan fingerprint density at radius 3 is 2.41 bits per heavy atom. The third-order valence-electron chi connectivity index (χ3n) is 4.65. The van der Waals surface area contributed by atoms with Crippen LogP contribution in [0, 0.1) is 5.82 Å². The zero-order valence-electron chi connectivity index (χ0n) is 17.4. The van der Waals surface area contributed by atoms with Gasteiger partial charge in [-0.1, -0.05) is 41.9 Å². The summed E-state index contributed by atoms with van der Waals surface area (Å²) in [6.07, 6.45) is 0. The second-order valence-corrected chi connectivity index (χ2v) is 9.29. The van der Waals surface area contributed by atoms with E-state index in [1.807, 2.05) is 37.4 Å². The highest BCUT2D eigenvalue weighted by Gasteiger charge is 2.20. The van der Waals surface area contributed by atoms with Gasteiger partial charge in [0.25, 0.3) is 15.9 Å². The summed E-state index contributed by atoms with van der Waals surface area (Å²) in [6.45, 7) is 1.75. The van der Waals surface area contributed by atoms with Crippen LogP contribution in [-0.4, -0.2) is 39.4 Å². The number of anilines is 1. The highest BCUT2D eigenvalue weighted by molar-refractivity contribution is 7.92. The monoisotopic (exact) mass is 475 g/mol. The smallest absolute Gasteiger partial charge is 0.263 e. The molecule has 3 aromatic carbocycles. The third-order valence-corrected chi connectivity index (χ3v) is 6.52. The third kappa shape index (κ3) is 6.53. The van der Waals surface area contributed by atoms with Crippen molar-refractivity contribution in [2.24, 2.45) is 0 Å². The quantitative estimate of drug-likeness (QED) is 0.487. The zero-order valence-corrected chi connectivity index (χ0v) is 19.0. The molecule has 0 fully saturated rings. The van der Waals surface area contributed by atoms with E-state index in [2.05, 4.69) is 14.9 Å². The van der Waals surface area contributed by atoms with Crippen molar-refractivity contribution in [1.29, 1.82) is 0 Å². The molecule has 3 rings (SSSR count). The Balaban J connectivity index is 1.62. The van der Waals surface area contributed by atoms with Crippen LogP contribution in [-0.2, 0) is 16.6 Å². The van der Waals surface area contributed by atoms with E-state index < -0.39 is 21.7 Å². The molecule has 0 spiro atoms. The molecule has 0 heterocycles. The lowest BCUT2D eigenvalue weighted by molar-refractivity contribution is 0.0949. The molecule has 3 aromatic rings. The van der Waals surface area contributed by atoms with Crippen LogP contribution in [0.15, 0.2) is 77.7 Å². The molecule has 1 amide bonds. The van der Waals surface area contributed by atoms with Gasteiger partial charge >= 0.3 is 0 Å². The highest BCUT2D eigenvalue weighted by atomic mass is 35.5. The Labute approximate surface area is 192 Å². The Kier molecular flexibility index (Phi) is 7.84. The van der Waals surface area contributed by atoms with Gasteiger partial charge in [0.1, 0.15) is 10.7 Å². The molecule has 0 radical (unpaired) electrons. The van der Waals surface area contributed by atoms with Crippen molar-refractivity contribution < 1.29 is 17.6 Å². The van der Waals surface area contributed by atoms with Crippen LogP contribution in [0.1, 0.15) is 15.9 Å². The van der Waals surface area contributed by atoms with E-state index in [1.165, 1.54) is 35.9 Å². The molecule has 2 N–H and O–H groups in total. The number of carbonyl (C=O) groups is 1. The Bertz CT molecular complexity index is 1170. The first-order valence-corrected chi connectivity index (χ1v) is 11.7. The number of sulfonamides is 1. The maximum atomic E-state index is 13.1. The van der Waals surface area contributed by atoms with Crippen molar-refractivity contribution in [1.82, 2.24) is 10.2 Å². The van der Waals surface area contributed by atoms with Crippen molar-refractivity contribution in [3.8, 4) is 0 Å². The first kappa shape index (κ1) is 23.7. The molecule has 9 heteroatoms. The lowest BCUT2D eigenvalue weighted by Gasteiger charge is -2.17. The van der Waals surface area contributed by atoms with Gasteiger partial charge in [0.2, 0.25) is 0 Å². The molecule has 0 bridgehead atoms. The lowest BCUT2D eigenvalue weighted by atomic mass is 10.2. The van der Waals surface area contributed by atoms with Gasteiger partial charge in [-0.15, -0.1) is 0 Å². The van der Waals surface area contributed by atoms with Gasteiger partial charge in [-0.05, 0) is 55.1 Å². The van der Waals surface area contributed by atoms with Crippen molar-refractivity contribution in [2.45, 2.75) is 11.4 Å². The topological polar surface area (TPSA) is 78.5 Å². The molecule has 6 nitrogen and oxygen atoms in total. The lowest BCUT2D eigenvalue weighted by Crippen LogP contribution is -2.32. The van der Waals surface area contributed by atoms with Crippen LogP contribution in [0.4, 0.5) is 10.1 Å². The van der Waals surface area contributed by atoms with E-state index in [0.717, 1.165) is 18.7 Å². The zero-order chi connectivity index (χ0) is 23.1. The Morgan fingerprint density at radius 1 is 1.03 bits per heavy atom. The molecule has 32 heavy (non-hydrogen) atoms. The van der Waals surface area contributed by atoms with Crippen LogP contribution < -0.4 is 10.0 Å². The summed E-state index contributed by atoms with van der Waals surface area (Å²) >= 11 is 6.08. The predicted octanol–water partition coefficient (Wildman–Crippen LogP) is 4.14. The van der Waals surface area contributed by atoms with Crippen molar-refractivity contribution >= 4 is 33.2 Å². The van der Waals surface area contributed by atoms with Crippen LogP contribution in [0.2, 0.25) is 5.02 Å². The van der Waals surface area contributed by atoms with E-state index in [0.29, 0.717) is 13.1 Å². The Hall–Kier alpha value is -2.94. The number of nitrogens with zero attached hydrogens (tertiary/aromatic N) is 1. The number of hydrogen-bond acceptors (Lipinski definition) is 4. The molecular formula is C23H23ClFN3O3S. The summed E-state index contributed by atoms with van der Waals surface area (Å²) in [5.74, 6) is -0.896. The number of carbonyl (C=O) groups excluding carboxylic acids is 1.